The summed E-state index contributed by atoms with van der Waals surface area (Å²) in [5.41, 5.74) is 0.165. The maximum atomic E-state index is 5.62. The van der Waals surface area contributed by atoms with E-state index in [-0.39, 0.29) is 11.1 Å². The van der Waals surface area contributed by atoms with Gasteiger partial charge < -0.3 is 9.47 Å². The number of hydrogen-bond donors (Lipinski definition) is 0. The molecule has 1 heterocycles. The van der Waals surface area contributed by atoms with Crippen molar-refractivity contribution in [2.75, 3.05) is 19.9 Å². The van der Waals surface area contributed by atoms with E-state index in [0.29, 0.717) is 12.9 Å². The van der Waals surface area contributed by atoms with Gasteiger partial charge in [0, 0.05) is 18.6 Å². The van der Waals surface area contributed by atoms with E-state index in [4.69, 9.17) is 9.47 Å². The first-order chi connectivity index (χ1) is 6.68. The van der Waals surface area contributed by atoms with Crippen molar-refractivity contribution < 1.29 is 9.47 Å². The van der Waals surface area contributed by atoms with Crippen molar-refractivity contribution in [1.29, 1.82) is 0 Å². The molecule has 0 unspecified atom stereocenters. The number of ether oxygens (including phenoxy) is 2. The Morgan fingerprint density at radius 2 is 1.60 bits per heavy atom. The Bertz CT molecular complexity index is 197. The Labute approximate surface area is 93.7 Å². The van der Waals surface area contributed by atoms with E-state index in [0.717, 1.165) is 13.1 Å². The molecule has 0 aromatic rings. The molecule has 0 bridgehead atoms. The third-order valence-electron chi connectivity index (χ3n) is 2.59. The van der Waals surface area contributed by atoms with Gasteiger partial charge in [0.2, 0.25) is 0 Å². The van der Waals surface area contributed by atoms with Gasteiger partial charge in [-0.3, -0.25) is 4.90 Å². The minimum atomic E-state index is -0.104. The summed E-state index contributed by atoms with van der Waals surface area (Å²) in [5.74, 6) is 0. The fraction of sp³-hybridized carbons (Fsp3) is 1.00. The van der Waals surface area contributed by atoms with Gasteiger partial charge in [0.15, 0.2) is 0 Å². The third-order valence-corrected chi connectivity index (χ3v) is 2.59. The van der Waals surface area contributed by atoms with Crippen LogP contribution in [0.1, 0.15) is 41.5 Å². The van der Waals surface area contributed by atoms with Crippen molar-refractivity contribution in [1.82, 2.24) is 4.90 Å². The number of rotatable bonds is 3. The second kappa shape index (κ2) is 4.40. The van der Waals surface area contributed by atoms with Crippen LogP contribution in [0.15, 0.2) is 0 Å². The van der Waals surface area contributed by atoms with Crippen LogP contribution in [0.25, 0.3) is 0 Å². The van der Waals surface area contributed by atoms with Crippen LogP contribution in [0, 0.1) is 0 Å². The zero-order valence-corrected chi connectivity index (χ0v) is 11.0. The molecule has 1 fully saturated rings. The average Bonchev–Trinajstić information content (AvgIpc) is 1.88. The van der Waals surface area contributed by atoms with Crippen molar-refractivity contribution in [3.8, 4) is 0 Å². The lowest BCUT2D eigenvalue weighted by Gasteiger charge is -2.47. The highest BCUT2D eigenvalue weighted by Gasteiger charge is 2.34. The van der Waals surface area contributed by atoms with Crippen LogP contribution >= 0.6 is 0 Å². The molecule has 0 aliphatic carbocycles. The minimum absolute atomic E-state index is 0.104. The monoisotopic (exact) mass is 215 g/mol. The zero-order valence-electron chi connectivity index (χ0n) is 11.0. The Kier molecular flexibility index (Phi) is 3.80. The summed E-state index contributed by atoms with van der Waals surface area (Å²) in [4.78, 5) is 2.41. The largest absolute Gasteiger partial charge is 0.350 e. The molecule has 0 aromatic heterocycles. The van der Waals surface area contributed by atoms with E-state index in [1.807, 2.05) is 20.8 Å². The maximum Gasteiger partial charge on any atom is 0.147 e. The Balaban J connectivity index is 2.09. The lowest BCUT2D eigenvalue weighted by atomic mass is 9.99. The molecular formula is C12H25NO2. The molecule has 1 aliphatic rings. The first-order valence-electron chi connectivity index (χ1n) is 5.69. The second-order valence-electron chi connectivity index (χ2n) is 6.24. The summed E-state index contributed by atoms with van der Waals surface area (Å²) >= 11 is 0. The molecule has 3 nitrogen and oxygen atoms in total. The van der Waals surface area contributed by atoms with Crippen LogP contribution in [0.4, 0.5) is 0 Å². The van der Waals surface area contributed by atoms with Crippen molar-refractivity contribution >= 4 is 0 Å². The van der Waals surface area contributed by atoms with Crippen molar-refractivity contribution in [3.05, 3.63) is 0 Å². The Morgan fingerprint density at radius 1 is 1.07 bits per heavy atom. The van der Waals surface area contributed by atoms with Gasteiger partial charge in [-0.1, -0.05) is 0 Å². The molecule has 1 rings (SSSR count). The maximum absolute atomic E-state index is 5.62. The molecule has 0 radical (unpaired) electrons. The molecule has 0 saturated carbocycles. The van der Waals surface area contributed by atoms with Gasteiger partial charge in [0.25, 0.3) is 0 Å². The summed E-state index contributed by atoms with van der Waals surface area (Å²) in [6, 6.07) is 0. The molecule has 0 N–H and O–H groups in total. The summed E-state index contributed by atoms with van der Waals surface area (Å²) in [6.45, 7) is 15.3. The van der Waals surface area contributed by atoms with Gasteiger partial charge in [-0.25, -0.2) is 0 Å². The first kappa shape index (κ1) is 12.9. The summed E-state index contributed by atoms with van der Waals surface area (Å²) < 4.78 is 11.1. The predicted octanol–water partition coefficient (Wildman–Crippen LogP) is 2.26. The fourth-order valence-electron chi connectivity index (χ4n) is 1.40. The molecule has 0 amide bonds. The zero-order chi connectivity index (χ0) is 11.7. The molecule has 0 aromatic carbocycles. The SMILES string of the molecule is CC(C)(C)OCOC1CN(C(C)(C)C)C1. The van der Waals surface area contributed by atoms with Crippen LogP contribution in [-0.2, 0) is 9.47 Å². The molecular weight excluding hydrogens is 190 g/mol. The van der Waals surface area contributed by atoms with Gasteiger partial charge in [-0.05, 0) is 41.5 Å². The quantitative estimate of drug-likeness (QED) is 0.674. The number of hydrogen-bond acceptors (Lipinski definition) is 3. The normalized spacial score (nSPS) is 20.4. The van der Waals surface area contributed by atoms with Crippen LogP contribution in [0.2, 0.25) is 0 Å². The molecule has 3 heteroatoms. The van der Waals surface area contributed by atoms with Crippen molar-refractivity contribution in [2.24, 2.45) is 0 Å². The van der Waals surface area contributed by atoms with Crippen LogP contribution < -0.4 is 0 Å². The molecule has 1 aliphatic heterocycles. The smallest absolute Gasteiger partial charge is 0.147 e. The highest BCUT2D eigenvalue weighted by molar-refractivity contribution is 4.89. The minimum Gasteiger partial charge on any atom is -0.350 e. The Morgan fingerprint density at radius 3 is 2.00 bits per heavy atom. The van der Waals surface area contributed by atoms with E-state index in [2.05, 4.69) is 25.7 Å². The van der Waals surface area contributed by atoms with Gasteiger partial charge in [0.1, 0.15) is 6.79 Å². The van der Waals surface area contributed by atoms with Crippen LogP contribution in [0.3, 0.4) is 0 Å². The van der Waals surface area contributed by atoms with E-state index in [1.165, 1.54) is 0 Å². The highest BCUT2D eigenvalue weighted by Crippen LogP contribution is 2.22. The summed E-state index contributed by atoms with van der Waals surface area (Å²) in [5, 5.41) is 0. The fourth-order valence-corrected chi connectivity index (χ4v) is 1.40. The van der Waals surface area contributed by atoms with E-state index in [1.54, 1.807) is 0 Å². The average molecular weight is 215 g/mol. The lowest BCUT2D eigenvalue weighted by molar-refractivity contribution is -0.180. The molecule has 15 heavy (non-hydrogen) atoms. The first-order valence-corrected chi connectivity index (χ1v) is 5.69. The van der Waals surface area contributed by atoms with Gasteiger partial charge in [-0.2, -0.15) is 0 Å². The number of likely N-dealkylation sites (tertiary alicyclic amines) is 1. The van der Waals surface area contributed by atoms with Gasteiger partial charge in [-0.15, -0.1) is 0 Å². The Hall–Kier alpha value is -0.120. The predicted molar refractivity (Wildman–Crippen MR) is 61.9 cm³/mol. The van der Waals surface area contributed by atoms with Crippen LogP contribution in [-0.4, -0.2) is 42.0 Å². The van der Waals surface area contributed by atoms with E-state index < -0.39 is 0 Å². The third kappa shape index (κ3) is 4.49. The summed E-state index contributed by atoms with van der Waals surface area (Å²) in [7, 11) is 0. The number of nitrogens with zero attached hydrogens (tertiary/aromatic N) is 1. The van der Waals surface area contributed by atoms with Crippen molar-refractivity contribution in [2.45, 2.75) is 58.8 Å². The van der Waals surface area contributed by atoms with Crippen molar-refractivity contribution in [3.63, 3.8) is 0 Å². The lowest BCUT2D eigenvalue weighted by Crippen LogP contribution is -2.59. The molecule has 90 valence electrons. The molecule has 0 atom stereocenters. The van der Waals surface area contributed by atoms with E-state index >= 15 is 0 Å². The molecule has 0 spiro atoms. The van der Waals surface area contributed by atoms with Gasteiger partial charge >= 0.3 is 0 Å². The second-order valence-corrected chi connectivity index (χ2v) is 6.24. The van der Waals surface area contributed by atoms with Gasteiger partial charge in [0.05, 0.1) is 11.7 Å². The topological polar surface area (TPSA) is 21.7 Å². The summed E-state index contributed by atoms with van der Waals surface area (Å²) in [6.07, 6.45) is 0.353. The van der Waals surface area contributed by atoms with E-state index in [9.17, 15) is 0 Å². The molecule has 1 saturated heterocycles. The highest BCUT2D eigenvalue weighted by atomic mass is 16.7. The standard InChI is InChI=1S/C12H25NO2/c1-11(2,3)13-7-10(8-13)14-9-15-12(4,5)6/h10H,7-9H2,1-6H3. The van der Waals surface area contributed by atoms with Crippen LogP contribution in [0.5, 0.6) is 0 Å².